The molecule has 200 valence electrons. The van der Waals surface area contributed by atoms with Crippen LogP contribution in [-0.4, -0.2) is 29.9 Å². The first kappa shape index (κ1) is 26.3. The quantitative estimate of drug-likeness (QED) is 0.219. The van der Waals surface area contributed by atoms with Crippen molar-refractivity contribution in [3.8, 4) is 22.5 Å². The van der Waals surface area contributed by atoms with Crippen molar-refractivity contribution in [1.82, 2.24) is 29.9 Å². The number of rotatable bonds is 2. The van der Waals surface area contributed by atoms with Crippen molar-refractivity contribution in [2.24, 2.45) is 0 Å². The highest BCUT2D eigenvalue weighted by Gasteiger charge is 2.02. The van der Waals surface area contributed by atoms with Crippen LogP contribution in [0.25, 0.3) is 55.6 Å². The first-order valence-electron chi connectivity index (χ1n) is 13.5. The number of fused-ring (bicyclic) bond motifs is 3. The maximum absolute atomic E-state index is 4.58. The number of para-hydroxylation sites is 6. The number of aromatic nitrogens is 6. The topological polar surface area (TPSA) is 77.3 Å². The lowest BCUT2D eigenvalue weighted by Gasteiger charge is -2.01. The second-order valence-corrected chi connectivity index (χ2v) is 9.27. The van der Waals surface area contributed by atoms with Gasteiger partial charge in [0.15, 0.2) is 0 Å². The van der Waals surface area contributed by atoms with Gasteiger partial charge in [0, 0.05) is 23.5 Å². The Bertz CT molecular complexity index is 1870. The van der Waals surface area contributed by atoms with Crippen molar-refractivity contribution in [3.63, 3.8) is 0 Å². The van der Waals surface area contributed by atoms with E-state index in [2.05, 4.69) is 29.9 Å². The lowest BCUT2D eigenvalue weighted by molar-refractivity contribution is 1.29. The molecule has 5 aromatic carbocycles. The van der Waals surface area contributed by atoms with E-state index in [-0.39, 0.29) is 0 Å². The molecule has 0 saturated carbocycles. The maximum Gasteiger partial charge on any atom is 0.0894 e. The van der Waals surface area contributed by atoms with E-state index in [1.54, 1.807) is 12.4 Å². The molecule has 0 radical (unpaired) electrons. The van der Waals surface area contributed by atoms with Crippen LogP contribution in [0.15, 0.2) is 158 Å². The molecule has 0 saturated heterocycles. The predicted molar refractivity (Wildman–Crippen MR) is 169 cm³/mol. The Morgan fingerprint density at radius 2 is 0.595 bits per heavy atom. The van der Waals surface area contributed by atoms with Gasteiger partial charge in [-0.2, -0.15) is 0 Å². The molecule has 8 aromatic rings. The van der Waals surface area contributed by atoms with Crippen LogP contribution < -0.4 is 0 Å². The molecule has 8 rings (SSSR count). The molecular formula is C36H26N6. The highest BCUT2D eigenvalue weighted by molar-refractivity contribution is 5.78. The number of hydrogen-bond acceptors (Lipinski definition) is 6. The lowest BCUT2D eigenvalue weighted by atomic mass is 10.1. The molecule has 0 fully saturated rings. The van der Waals surface area contributed by atoms with Gasteiger partial charge in [0.05, 0.1) is 56.9 Å². The Kier molecular flexibility index (Phi) is 8.14. The molecule has 6 nitrogen and oxygen atoms in total. The molecule has 0 N–H and O–H groups in total. The summed E-state index contributed by atoms with van der Waals surface area (Å²) in [5.74, 6) is 0. The third-order valence-electron chi connectivity index (χ3n) is 6.41. The van der Waals surface area contributed by atoms with E-state index in [4.69, 9.17) is 0 Å². The molecule has 3 heterocycles. The van der Waals surface area contributed by atoms with Crippen molar-refractivity contribution >= 4 is 33.1 Å². The summed E-state index contributed by atoms with van der Waals surface area (Å²) in [7, 11) is 0. The minimum absolute atomic E-state index is 0.916. The van der Waals surface area contributed by atoms with Crippen LogP contribution >= 0.6 is 0 Å². The minimum Gasteiger partial charge on any atom is -0.253 e. The fraction of sp³-hybridized carbons (Fsp3) is 0. The van der Waals surface area contributed by atoms with Crippen LogP contribution in [0, 0.1) is 0 Å². The summed E-state index contributed by atoms with van der Waals surface area (Å²) < 4.78 is 0. The van der Waals surface area contributed by atoms with Gasteiger partial charge >= 0.3 is 0 Å². The molecule has 0 aliphatic heterocycles. The van der Waals surface area contributed by atoms with Gasteiger partial charge in [-0.25, -0.2) is 9.97 Å². The maximum atomic E-state index is 4.58. The molecule has 0 atom stereocenters. The third-order valence-corrected chi connectivity index (χ3v) is 6.41. The van der Waals surface area contributed by atoms with Gasteiger partial charge < -0.3 is 0 Å². The van der Waals surface area contributed by atoms with Crippen LogP contribution in [0.2, 0.25) is 0 Å². The van der Waals surface area contributed by atoms with Crippen LogP contribution in [0.4, 0.5) is 0 Å². The minimum atomic E-state index is 0.916. The van der Waals surface area contributed by atoms with Crippen LogP contribution in [-0.2, 0) is 0 Å². The molecule has 0 aliphatic rings. The molecule has 42 heavy (non-hydrogen) atoms. The van der Waals surface area contributed by atoms with Gasteiger partial charge in [-0.15, -0.1) is 0 Å². The normalized spacial score (nSPS) is 10.4. The van der Waals surface area contributed by atoms with Crippen molar-refractivity contribution in [2.75, 3.05) is 0 Å². The second kappa shape index (κ2) is 13.0. The van der Waals surface area contributed by atoms with E-state index in [0.717, 1.165) is 55.6 Å². The van der Waals surface area contributed by atoms with Crippen molar-refractivity contribution in [1.29, 1.82) is 0 Å². The van der Waals surface area contributed by atoms with Gasteiger partial charge in [-0.3, -0.25) is 19.9 Å². The number of hydrogen-bond donors (Lipinski definition) is 0. The Labute approximate surface area is 243 Å². The zero-order valence-corrected chi connectivity index (χ0v) is 22.7. The van der Waals surface area contributed by atoms with Gasteiger partial charge in [0.25, 0.3) is 0 Å². The van der Waals surface area contributed by atoms with Crippen molar-refractivity contribution < 1.29 is 0 Å². The Hall–Kier alpha value is -5.88. The number of benzene rings is 5. The standard InChI is InChI=1S/2C14H10N2.C8H6N2/c2*1-2-6-11(7-3-1)14-10-15-12-8-4-5-9-13(12)16-14;1-2-4-8-7(3-1)9-5-6-10-8/h2*1-10H;1-6H. The van der Waals surface area contributed by atoms with E-state index in [0.29, 0.717) is 0 Å². The molecule has 0 aliphatic carbocycles. The molecule has 0 bridgehead atoms. The van der Waals surface area contributed by atoms with Crippen LogP contribution in [0.5, 0.6) is 0 Å². The summed E-state index contributed by atoms with van der Waals surface area (Å²) in [4.78, 5) is 26.2. The highest BCUT2D eigenvalue weighted by Crippen LogP contribution is 2.19. The Morgan fingerprint density at radius 1 is 0.286 bits per heavy atom. The first-order chi connectivity index (χ1) is 20.8. The van der Waals surface area contributed by atoms with Crippen molar-refractivity contribution in [3.05, 3.63) is 158 Å². The molecule has 0 spiro atoms. The van der Waals surface area contributed by atoms with Crippen LogP contribution in [0.1, 0.15) is 0 Å². The molecule has 0 unspecified atom stereocenters. The van der Waals surface area contributed by atoms with Crippen molar-refractivity contribution in [2.45, 2.75) is 0 Å². The lowest BCUT2D eigenvalue weighted by Crippen LogP contribution is -1.87. The molecule has 3 aromatic heterocycles. The summed E-state index contributed by atoms with van der Waals surface area (Å²) >= 11 is 0. The first-order valence-corrected chi connectivity index (χ1v) is 13.5. The summed E-state index contributed by atoms with van der Waals surface area (Å²) in [5.41, 5.74) is 9.66. The van der Waals surface area contributed by atoms with Gasteiger partial charge in [0.2, 0.25) is 0 Å². The largest absolute Gasteiger partial charge is 0.253 e. The van der Waals surface area contributed by atoms with E-state index in [1.807, 2.05) is 146 Å². The highest BCUT2D eigenvalue weighted by atomic mass is 14.8. The summed E-state index contributed by atoms with van der Waals surface area (Å²) in [5, 5.41) is 0. The third kappa shape index (κ3) is 6.46. The smallest absolute Gasteiger partial charge is 0.0894 e. The van der Waals surface area contributed by atoms with Gasteiger partial charge in [-0.1, -0.05) is 97.1 Å². The Balaban J connectivity index is 0.000000116. The van der Waals surface area contributed by atoms with E-state index in [9.17, 15) is 0 Å². The summed E-state index contributed by atoms with van der Waals surface area (Å²) in [6.07, 6.45) is 7.03. The fourth-order valence-electron chi connectivity index (χ4n) is 4.32. The molecular weight excluding hydrogens is 516 g/mol. The molecule has 0 amide bonds. The van der Waals surface area contributed by atoms with Gasteiger partial charge in [0.1, 0.15) is 0 Å². The molecule has 6 heteroatoms. The zero-order chi connectivity index (χ0) is 28.4. The summed E-state index contributed by atoms with van der Waals surface area (Å²) in [6, 6.07) is 43.8. The predicted octanol–water partition coefficient (Wildman–Crippen LogP) is 8.22. The van der Waals surface area contributed by atoms with E-state index < -0.39 is 0 Å². The van der Waals surface area contributed by atoms with E-state index in [1.165, 1.54) is 0 Å². The second-order valence-electron chi connectivity index (χ2n) is 9.27. The average Bonchev–Trinajstić information content (AvgIpc) is 3.09. The number of nitrogens with zero attached hydrogens (tertiary/aromatic N) is 6. The van der Waals surface area contributed by atoms with E-state index >= 15 is 0 Å². The monoisotopic (exact) mass is 542 g/mol. The summed E-state index contributed by atoms with van der Waals surface area (Å²) in [6.45, 7) is 0. The van der Waals surface area contributed by atoms with Crippen LogP contribution in [0.3, 0.4) is 0 Å². The van der Waals surface area contributed by atoms with Gasteiger partial charge in [-0.05, 0) is 36.4 Å². The average molecular weight is 543 g/mol. The SMILES string of the molecule is c1ccc(-c2cnc3ccccc3n2)cc1.c1ccc(-c2cnc3ccccc3n2)cc1.c1ccc2nccnc2c1. The fourth-order valence-corrected chi connectivity index (χ4v) is 4.32. The zero-order valence-electron chi connectivity index (χ0n) is 22.7. The Morgan fingerprint density at radius 3 is 0.976 bits per heavy atom.